The third-order valence-corrected chi connectivity index (χ3v) is 4.81. The van der Waals surface area contributed by atoms with Gasteiger partial charge in [0.05, 0.1) is 11.9 Å². The van der Waals surface area contributed by atoms with Gasteiger partial charge in [0.25, 0.3) is 5.91 Å². The van der Waals surface area contributed by atoms with E-state index >= 15 is 0 Å². The highest BCUT2D eigenvalue weighted by Crippen LogP contribution is 2.19. The van der Waals surface area contributed by atoms with Crippen molar-refractivity contribution in [1.29, 1.82) is 0 Å². The van der Waals surface area contributed by atoms with Crippen LogP contribution < -0.4 is 10.2 Å². The smallest absolute Gasteiger partial charge is 0.269 e. The zero-order chi connectivity index (χ0) is 17.1. The maximum Gasteiger partial charge on any atom is 0.269 e. The number of aromatic amines is 1. The highest BCUT2D eigenvalue weighted by atomic mass is 16.1. The molecule has 128 valence electrons. The number of rotatable bonds is 5. The molecule has 3 aromatic rings. The van der Waals surface area contributed by atoms with Crippen LogP contribution >= 0.6 is 0 Å². The lowest BCUT2D eigenvalue weighted by molar-refractivity contribution is 0.0949. The second-order valence-corrected chi connectivity index (χ2v) is 6.46. The molecule has 1 amide bonds. The average molecular weight is 334 g/mol. The fraction of sp³-hybridized carbons (Fsp3) is 0.300. The van der Waals surface area contributed by atoms with Crippen molar-refractivity contribution in [2.75, 3.05) is 24.5 Å². The predicted molar refractivity (Wildman–Crippen MR) is 100 cm³/mol. The number of fused-ring (bicyclic) bond motifs is 1. The molecule has 5 heteroatoms. The maximum atomic E-state index is 12.3. The molecule has 5 nitrogen and oxygen atoms in total. The number of benzene rings is 1. The molecular formula is C20H22N4O. The Morgan fingerprint density at radius 1 is 1.16 bits per heavy atom. The molecule has 1 fully saturated rings. The number of anilines is 1. The Bertz CT molecular complexity index is 863. The van der Waals surface area contributed by atoms with E-state index in [1.807, 2.05) is 30.5 Å². The van der Waals surface area contributed by atoms with Crippen LogP contribution in [0.3, 0.4) is 0 Å². The predicted octanol–water partition coefficient (Wildman–Crippen LogP) is 3.14. The Kier molecular flexibility index (Phi) is 4.37. The molecule has 25 heavy (non-hydrogen) atoms. The van der Waals surface area contributed by atoms with Crippen LogP contribution in [0.25, 0.3) is 10.9 Å². The summed E-state index contributed by atoms with van der Waals surface area (Å²) in [5.41, 5.74) is 3.92. The van der Waals surface area contributed by atoms with Gasteiger partial charge in [-0.3, -0.25) is 4.79 Å². The fourth-order valence-electron chi connectivity index (χ4n) is 3.42. The molecule has 0 aliphatic carbocycles. The second kappa shape index (κ2) is 6.97. The molecule has 2 aromatic heterocycles. The van der Waals surface area contributed by atoms with E-state index in [0.717, 1.165) is 30.7 Å². The fourth-order valence-corrected chi connectivity index (χ4v) is 3.42. The van der Waals surface area contributed by atoms with Gasteiger partial charge in [0.15, 0.2) is 0 Å². The van der Waals surface area contributed by atoms with Crippen molar-refractivity contribution < 1.29 is 4.79 Å². The van der Waals surface area contributed by atoms with Gasteiger partial charge in [-0.1, -0.05) is 18.2 Å². The number of carbonyl (C=O) groups excluding carboxylic acids is 1. The van der Waals surface area contributed by atoms with Crippen LogP contribution in [0.15, 0.2) is 48.8 Å². The topological polar surface area (TPSA) is 61.0 Å². The molecule has 0 unspecified atom stereocenters. The number of carbonyl (C=O) groups is 1. The molecule has 0 spiro atoms. The first-order valence-electron chi connectivity index (χ1n) is 8.85. The van der Waals surface area contributed by atoms with Crippen molar-refractivity contribution >= 4 is 22.5 Å². The summed E-state index contributed by atoms with van der Waals surface area (Å²) in [5, 5.41) is 4.17. The molecular weight excluding hydrogens is 312 g/mol. The largest absolute Gasteiger partial charge is 0.370 e. The van der Waals surface area contributed by atoms with E-state index < -0.39 is 0 Å². The van der Waals surface area contributed by atoms with Crippen molar-refractivity contribution in [3.05, 3.63) is 60.0 Å². The third-order valence-electron chi connectivity index (χ3n) is 4.81. The normalized spacial score (nSPS) is 14.2. The Morgan fingerprint density at radius 3 is 2.80 bits per heavy atom. The van der Waals surface area contributed by atoms with Gasteiger partial charge in [0, 0.05) is 36.7 Å². The zero-order valence-corrected chi connectivity index (χ0v) is 14.2. The standard InChI is InChI=1S/C20H22N4O/c25-20(19-8-7-16(14-23-19)24-11-3-4-12-24)21-10-9-15-13-22-18-6-2-1-5-17(15)18/h1-2,5-8,13-14,22H,3-4,9-12H2,(H,21,25). The summed E-state index contributed by atoms with van der Waals surface area (Å²) in [6, 6.07) is 12.0. The summed E-state index contributed by atoms with van der Waals surface area (Å²) >= 11 is 0. The van der Waals surface area contributed by atoms with Crippen molar-refractivity contribution in [1.82, 2.24) is 15.3 Å². The van der Waals surface area contributed by atoms with Gasteiger partial charge < -0.3 is 15.2 Å². The van der Waals surface area contributed by atoms with Crippen LogP contribution in [0, 0.1) is 0 Å². The van der Waals surface area contributed by atoms with Gasteiger partial charge >= 0.3 is 0 Å². The Balaban J connectivity index is 1.34. The summed E-state index contributed by atoms with van der Waals surface area (Å²) in [4.78, 5) is 22.2. The van der Waals surface area contributed by atoms with Crippen LogP contribution in [-0.4, -0.2) is 35.5 Å². The SMILES string of the molecule is O=C(NCCc1c[nH]c2ccccc12)c1ccc(N2CCCC2)cn1. The third kappa shape index (κ3) is 3.36. The van der Waals surface area contributed by atoms with Crippen LogP contribution in [0.2, 0.25) is 0 Å². The van der Waals surface area contributed by atoms with Crippen molar-refractivity contribution in [2.45, 2.75) is 19.3 Å². The van der Waals surface area contributed by atoms with Crippen LogP contribution in [-0.2, 0) is 6.42 Å². The first-order valence-corrected chi connectivity index (χ1v) is 8.85. The molecule has 0 radical (unpaired) electrons. The molecule has 1 aromatic carbocycles. The number of nitrogens with one attached hydrogen (secondary N) is 2. The molecule has 2 N–H and O–H groups in total. The number of H-pyrrole nitrogens is 1. The first-order chi connectivity index (χ1) is 12.3. The van der Waals surface area contributed by atoms with Gasteiger partial charge in [-0.25, -0.2) is 4.98 Å². The molecule has 1 aliphatic rings. The minimum absolute atomic E-state index is 0.118. The van der Waals surface area contributed by atoms with E-state index in [0.29, 0.717) is 12.2 Å². The minimum atomic E-state index is -0.118. The molecule has 0 bridgehead atoms. The second-order valence-electron chi connectivity index (χ2n) is 6.46. The lowest BCUT2D eigenvalue weighted by Crippen LogP contribution is -2.26. The molecule has 0 saturated carbocycles. The van der Waals surface area contributed by atoms with E-state index in [1.54, 1.807) is 6.20 Å². The average Bonchev–Trinajstić information content (AvgIpc) is 3.32. The summed E-state index contributed by atoms with van der Waals surface area (Å²) in [6.07, 6.45) is 7.08. The Hall–Kier alpha value is -2.82. The van der Waals surface area contributed by atoms with Crippen LogP contribution in [0.1, 0.15) is 28.9 Å². The quantitative estimate of drug-likeness (QED) is 0.753. The van der Waals surface area contributed by atoms with E-state index in [9.17, 15) is 4.79 Å². The van der Waals surface area contributed by atoms with E-state index in [4.69, 9.17) is 0 Å². The number of hydrogen-bond donors (Lipinski definition) is 2. The molecule has 1 saturated heterocycles. The lowest BCUT2D eigenvalue weighted by atomic mass is 10.1. The van der Waals surface area contributed by atoms with Crippen LogP contribution in [0.5, 0.6) is 0 Å². The number of amides is 1. The Labute approximate surface area is 147 Å². The summed E-state index contributed by atoms with van der Waals surface area (Å²) in [5.74, 6) is -0.118. The molecule has 3 heterocycles. The van der Waals surface area contributed by atoms with E-state index in [2.05, 4.69) is 32.3 Å². The van der Waals surface area contributed by atoms with Gasteiger partial charge in [-0.15, -0.1) is 0 Å². The van der Waals surface area contributed by atoms with Gasteiger partial charge in [-0.05, 0) is 43.0 Å². The van der Waals surface area contributed by atoms with Gasteiger partial charge in [0.1, 0.15) is 5.69 Å². The number of aromatic nitrogens is 2. The number of pyridine rings is 1. The zero-order valence-electron chi connectivity index (χ0n) is 14.2. The van der Waals surface area contributed by atoms with Crippen LogP contribution in [0.4, 0.5) is 5.69 Å². The van der Waals surface area contributed by atoms with Gasteiger partial charge in [-0.2, -0.15) is 0 Å². The molecule has 1 aliphatic heterocycles. The number of nitrogens with zero attached hydrogens (tertiary/aromatic N) is 2. The van der Waals surface area contributed by atoms with E-state index in [1.165, 1.54) is 23.8 Å². The highest BCUT2D eigenvalue weighted by Gasteiger charge is 2.14. The molecule has 4 rings (SSSR count). The minimum Gasteiger partial charge on any atom is -0.370 e. The van der Waals surface area contributed by atoms with Gasteiger partial charge in [0.2, 0.25) is 0 Å². The number of para-hydroxylation sites is 1. The first kappa shape index (κ1) is 15.7. The summed E-state index contributed by atoms with van der Waals surface area (Å²) in [6.45, 7) is 2.76. The number of hydrogen-bond acceptors (Lipinski definition) is 3. The highest BCUT2D eigenvalue weighted by molar-refractivity contribution is 5.92. The molecule has 0 atom stereocenters. The summed E-state index contributed by atoms with van der Waals surface area (Å²) < 4.78 is 0. The monoisotopic (exact) mass is 334 g/mol. The lowest BCUT2D eigenvalue weighted by Gasteiger charge is -2.16. The van der Waals surface area contributed by atoms with Crippen molar-refractivity contribution in [3.63, 3.8) is 0 Å². The Morgan fingerprint density at radius 2 is 2.00 bits per heavy atom. The van der Waals surface area contributed by atoms with E-state index in [-0.39, 0.29) is 5.91 Å². The maximum absolute atomic E-state index is 12.3. The van der Waals surface area contributed by atoms with Crippen molar-refractivity contribution in [2.24, 2.45) is 0 Å². The summed E-state index contributed by atoms with van der Waals surface area (Å²) in [7, 11) is 0. The van der Waals surface area contributed by atoms with Crippen molar-refractivity contribution in [3.8, 4) is 0 Å².